The standard InChI is InChI=1S/C14H16N4O2/c1-9(2)8-20-13-12-16-17-14(19-3)18(12)11-7-5-4-6-10(11)15-13/h4-7,9H,8H2,1-3H3. The second-order valence-corrected chi connectivity index (χ2v) is 4.96. The van der Waals surface area contributed by atoms with Crippen molar-refractivity contribution in [1.82, 2.24) is 19.6 Å². The van der Waals surface area contributed by atoms with Gasteiger partial charge in [0.1, 0.15) is 0 Å². The third kappa shape index (κ3) is 2.03. The molecule has 0 N–H and O–H groups in total. The maximum Gasteiger partial charge on any atom is 0.321 e. The van der Waals surface area contributed by atoms with Crippen molar-refractivity contribution in [2.45, 2.75) is 13.8 Å². The van der Waals surface area contributed by atoms with E-state index in [0.29, 0.717) is 30.1 Å². The van der Waals surface area contributed by atoms with Gasteiger partial charge in [0, 0.05) is 0 Å². The van der Waals surface area contributed by atoms with E-state index in [-0.39, 0.29) is 0 Å². The topological polar surface area (TPSA) is 61.5 Å². The van der Waals surface area contributed by atoms with Crippen molar-refractivity contribution in [3.05, 3.63) is 24.3 Å². The molecule has 0 fully saturated rings. The van der Waals surface area contributed by atoms with Crippen molar-refractivity contribution in [2.24, 2.45) is 5.92 Å². The Morgan fingerprint density at radius 2 is 2.00 bits per heavy atom. The summed E-state index contributed by atoms with van der Waals surface area (Å²) in [5.41, 5.74) is 2.28. The van der Waals surface area contributed by atoms with Crippen molar-refractivity contribution in [3.63, 3.8) is 0 Å². The summed E-state index contributed by atoms with van der Waals surface area (Å²) in [6, 6.07) is 8.18. The fourth-order valence-electron chi connectivity index (χ4n) is 2.01. The van der Waals surface area contributed by atoms with Crippen molar-refractivity contribution >= 4 is 16.7 Å². The SMILES string of the molecule is COc1nnc2c(OCC(C)C)nc3ccccc3n12. The molecule has 0 saturated heterocycles. The Morgan fingerprint density at radius 1 is 1.20 bits per heavy atom. The maximum absolute atomic E-state index is 5.76. The van der Waals surface area contributed by atoms with Gasteiger partial charge in [-0.05, 0) is 18.1 Å². The fourth-order valence-corrected chi connectivity index (χ4v) is 2.01. The summed E-state index contributed by atoms with van der Waals surface area (Å²) in [6.07, 6.45) is 0. The van der Waals surface area contributed by atoms with Crippen LogP contribution in [0.4, 0.5) is 0 Å². The summed E-state index contributed by atoms with van der Waals surface area (Å²) in [5.74, 6) is 0.890. The van der Waals surface area contributed by atoms with E-state index >= 15 is 0 Å². The van der Waals surface area contributed by atoms with Crippen molar-refractivity contribution < 1.29 is 9.47 Å². The number of aromatic nitrogens is 4. The van der Waals surface area contributed by atoms with Gasteiger partial charge in [-0.25, -0.2) is 9.38 Å². The Bertz CT molecular complexity index is 751. The molecule has 2 heterocycles. The number of methoxy groups -OCH3 is 1. The van der Waals surface area contributed by atoms with Crippen LogP contribution in [0.2, 0.25) is 0 Å². The first kappa shape index (κ1) is 12.7. The lowest BCUT2D eigenvalue weighted by Crippen LogP contribution is -2.07. The lowest BCUT2D eigenvalue weighted by molar-refractivity contribution is 0.264. The van der Waals surface area contributed by atoms with Crippen LogP contribution in [0, 0.1) is 5.92 Å². The van der Waals surface area contributed by atoms with Gasteiger partial charge in [-0.2, -0.15) is 0 Å². The molecule has 0 saturated carbocycles. The number of ether oxygens (including phenoxy) is 2. The molecule has 0 radical (unpaired) electrons. The van der Waals surface area contributed by atoms with Crippen LogP contribution in [0.15, 0.2) is 24.3 Å². The minimum absolute atomic E-state index is 0.410. The van der Waals surface area contributed by atoms with Gasteiger partial charge in [0.25, 0.3) is 5.88 Å². The highest BCUT2D eigenvalue weighted by Gasteiger charge is 2.16. The Balaban J connectivity index is 2.25. The molecule has 3 rings (SSSR count). The number of fused-ring (bicyclic) bond motifs is 3. The molecule has 0 spiro atoms. The zero-order chi connectivity index (χ0) is 14.1. The molecule has 0 amide bonds. The molecule has 1 aromatic carbocycles. The molecule has 0 aliphatic rings. The monoisotopic (exact) mass is 272 g/mol. The maximum atomic E-state index is 5.76. The largest absolute Gasteiger partial charge is 0.475 e. The Labute approximate surface area is 116 Å². The highest BCUT2D eigenvalue weighted by Crippen LogP contribution is 2.25. The molecule has 6 heteroatoms. The summed E-state index contributed by atoms with van der Waals surface area (Å²) in [5, 5.41) is 8.14. The lowest BCUT2D eigenvalue weighted by atomic mass is 10.2. The van der Waals surface area contributed by atoms with Gasteiger partial charge in [-0.15, -0.1) is 5.10 Å². The van der Waals surface area contributed by atoms with Crippen molar-refractivity contribution in [2.75, 3.05) is 13.7 Å². The van der Waals surface area contributed by atoms with E-state index < -0.39 is 0 Å². The molecule has 0 atom stereocenters. The summed E-state index contributed by atoms with van der Waals surface area (Å²) < 4.78 is 12.8. The van der Waals surface area contributed by atoms with Gasteiger partial charge in [-0.3, -0.25) is 0 Å². The minimum atomic E-state index is 0.410. The Morgan fingerprint density at radius 3 is 2.75 bits per heavy atom. The Hall–Kier alpha value is -2.37. The molecule has 20 heavy (non-hydrogen) atoms. The lowest BCUT2D eigenvalue weighted by Gasteiger charge is -2.10. The predicted molar refractivity (Wildman–Crippen MR) is 75.2 cm³/mol. The molecular formula is C14H16N4O2. The number of benzene rings is 1. The Kier molecular flexibility index (Phi) is 3.14. The number of hydrogen-bond acceptors (Lipinski definition) is 5. The minimum Gasteiger partial charge on any atom is -0.475 e. The molecule has 0 bridgehead atoms. The van der Waals surface area contributed by atoms with Gasteiger partial charge in [0.05, 0.1) is 24.8 Å². The third-order valence-corrected chi connectivity index (χ3v) is 2.91. The average molecular weight is 272 g/mol. The second kappa shape index (κ2) is 4.96. The van der Waals surface area contributed by atoms with E-state index in [4.69, 9.17) is 9.47 Å². The first-order valence-electron chi connectivity index (χ1n) is 6.51. The van der Waals surface area contributed by atoms with Crippen molar-refractivity contribution in [1.29, 1.82) is 0 Å². The smallest absolute Gasteiger partial charge is 0.321 e. The summed E-state index contributed by atoms with van der Waals surface area (Å²) in [6.45, 7) is 4.75. The highest BCUT2D eigenvalue weighted by molar-refractivity contribution is 5.80. The zero-order valence-corrected chi connectivity index (χ0v) is 11.7. The molecule has 3 aromatic rings. The molecular weight excluding hydrogens is 256 g/mol. The molecule has 0 aliphatic carbocycles. The third-order valence-electron chi connectivity index (χ3n) is 2.91. The van der Waals surface area contributed by atoms with E-state index in [1.807, 2.05) is 28.7 Å². The molecule has 0 aliphatic heterocycles. The van der Waals surface area contributed by atoms with E-state index in [1.54, 1.807) is 7.11 Å². The van der Waals surface area contributed by atoms with E-state index in [0.717, 1.165) is 11.0 Å². The van der Waals surface area contributed by atoms with Gasteiger partial charge in [-0.1, -0.05) is 31.1 Å². The van der Waals surface area contributed by atoms with Crippen LogP contribution in [0.5, 0.6) is 11.9 Å². The molecule has 2 aromatic heterocycles. The summed E-state index contributed by atoms with van der Waals surface area (Å²) in [7, 11) is 1.57. The van der Waals surface area contributed by atoms with Gasteiger partial charge < -0.3 is 9.47 Å². The van der Waals surface area contributed by atoms with E-state index in [2.05, 4.69) is 29.0 Å². The first-order chi connectivity index (χ1) is 9.70. The normalized spacial score (nSPS) is 11.4. The number of para-hydroxylation sites is 2. The number of nitrogens with zero attached hydrogens (tertiary/aromatic N) is 4. The predicted octanol–water partition coefficient (Wildman–Crippen LogP) is 2.32. The van der Waals surface area contributed by atoms with Gasteiger partial charge in [0.2, 0.25) is 5.65 Å². The number of hydrogen-bond donors (Lipinski definition) is 0. The van der Waals surface area contributed by atoms with Crippen molar-refractivity contribution in [3.8, 4) is 11.9 Å². The quantitative estimate of drug-likeness (QED) is 0.729. The molecule has 0 unspecified atom stereocenters. The average Bonchev–Trinajstić information content (AvgIpc) is 2.89. The summed E-state index contributed by atoms with van der Waals surface area (Å²) in [4.78, 5) is 4.52. The van der Waals surface area contributed by atoms with Crippen LogP contribution >= 0.6 is 0 Å². The van der Waals surface area contributed by atoms with Crippen LogP contribution in [0.1, 0.15) is 13.8 Å². The van der Waals surface area contributed by atoms with E-state index in [9.17, 15) is 0 Å². The van der Waals surface area contributed by atoms with Gasteiger partial charge >= 0.3 is 6.01 Å². The van der Waals surface area contributed by atoms with Crippen LogP contribution in [-0.2, 0) is 0 Å². The van der Waals surface area contributed by atoms with Crippen LogP contribution in [-0.4, -0.2) is 33.3 Å². The number of rotatable bonds is 4. The van der Waals surface area contributed by atoms with E-state index in [1.165, 1.54) is 0 Å². The second-order valence-electron chi connectivity index (χ2n) is 4.96. The summed E-state index contributed by atoms with van der Waals surface area (Å²) >= 11 is 0. The molecule has 6 nitrogen and oxygen atoms in total. The van der Waals surface area contributed by atoms with Gasteiger partial charge in [0.15, 0.2) is 0 Å². The highest BCUT2D eigenvalue weighted by atomic mass is 16.5. The van der Waals surface area contributed by atoms with Crippen LogP contribution in [0.25, 0.3) is 16.7 Å². The zero-order valence-electron chi connectivity index (χ0n) is 11.7. The fraction of sp³-hybridized carbons (Fsp3) is 0.357. The van der Waals surface area contributed by atoms with Crippen LogP contribution in [0.3, 0.4) is 0 Å². The first-order valence-corrected chi connectivity index (χ1v) is 6.51. The van der Waals surface area contributed by atoms with Crippen LogP contribution < -0.4 is 9.47 Å². The molecule has 104 valence electrons.